The second kappa shape index (κ2) is 4.72. The van der Waals surface area contributed by atoms with Crippen LogP contribution in [0.2, 0.25) is 0 Å². The van der Waals surface area contributed by atoms with Crippen molar-refractivity contribution in [1.29, 1.82) is 0 Å². The molecule has 1 aliphatic rings. The molecule has 1 atom stereocenters. The first-order valence-corrected chi connectivity index (χ1v) is 5.95. The number of nitrogens with zero attached hydrogens (tertiary/aromatic N) is 2. The number of hydrogen-bond acceptors (Lipinski definition) is 3. The van der Waals surface area contributed by atoms with Crippen LogP contribution in [-0.4, -0.2) is 54.6 Å². The molecule has 1 aliphatic heterocycles. The fourth-order valence-corrected chi connectivity index (χ4v) is 1.83. The van der Waals surface area contributed by atoms with Gasteiger partial charge < -0.3 is 9.80 Å². The van der Waals surface area contributed by atoms with Crippen LogP contribution < -0.4 is 5.32 Å². The summed E-state index contributed by atoms with van der Waals surface area (Å²) in [5.74, 6) is 0.602. The summed E-state index contributed by atoms with van der Waals surface area (Å²) in [4.78, 5) is 16.2. The molecule has 1 N–H and O–H groups in total. The molecule has 1 heterocycles. The Morgan fingerprint density at radius 1 is 1.50 bits per heavy atom. The molecule has 0 aromatic heterocycles. The number of carbonyl (C=O) groups is 1. The Bertz CT molecular complexity index is 261. The van der Waals surface area contributed by atoms with Gasteiger partial charge in [0.15, 0.2) is 0 Å². The van der Waals surface area contributed by atoms with E-state index in [0.717, 1.165) is 6.54 Å². The van der Waals surface area contributed by atoms with Crippen LogP contribution in [-0.2, 0) is 4.79 Å². The van der Waals surface area contributed by atoms with Crippen molar-refractivity contribution in [2.24, 2.45) is 5.92 Å². The fraction of sp³-hybridized carbons (Fsp3) is 0.917. The zero-order chi connectivity index (χ0) is 12.5. The van der Waals surface area contributed by atoms with E-state index < -0.39 is 0 Å². The lowest BCUT2D eigenvalue weighted by Crippen LogP contribution is -2.49. The minimum Gasteiger partial charge on any atom is -0.327 e. The van der Waals surface area contributed by atoms with Crippen LogP contribution in [0, 0.1) is 5.92 Å². The van der Waals surface area contributed by atoms with Crippen molar-refractivity contribution in [1.82, 2.24) is 15.1 Å². The zero-order valence-electron chi connectivity index (χ0n) is 11.4. The van der Waals surface area contributed by atoms with Gasteiger partial charge in [0, 0.05) is 12.1 Å². The zero-order valence-corrected chi connectivity index (χ0v) is 11.4. The first kappa shape index (κ1) is 13.5. The molecular formula is C12H25N3O. The lowest BCUT2D eigenvalue weighted by molar-refractivity contribution is -0.130. The summed E-state index contributed by atoms with van der Waals surface area (Å²) >= 11 is 0. The molecule has 1 amide bonds. The molecule has 0 aromatic carbocycles. The van der Waals surface area contributed by atoms with E-state index >= 15 is 0 Å². The minimum absolute atomic E-state index is 0.00189. The maximum absolute atomic E-state index is 12.1. The van der Waals surface area contributed by atoms with Crippen molar-refractivity contribution in [3.63, 3.8) is 0 Å². The topological polar surface area (TPSA) is 35.6 Å². The molecule has 0 aromatic rings. The van der Waals surface area contributed by atoms with Crippen LogP contribution in [0.25, 0.3) is 0 Å². The third kappa shape index (κ3) is 2.74. The molecular weight excluding hydrogens is 202 g/mol. The summed E-state index contributed by atoms with van der Waals surface area (Å²) in [5, 5.41) is 3.28. The largest absolute Gasteiger partial charge is 0.327 e. The molecule has 1 unspecified atom stereocenters. The van der Waals surface area contributed by atoms with Gasteiger partial charge in [0.05, 0.1) is 12.7 Å². The Hall–Kier alpha value is -0.610. The Morgan fingerprint density at radius 2 is 2.06 bits per heavy atom. The predicted octanol–water partition coefficient (Wildman–Crippen LogP) is 0.740. The van der Waals surface area contributed by atoms with E-state index in [9.17, 15) is 4.79 Å². The smallest absolute Gasteiger partial charge is 0.241 e. The number of hydrogen-bond donors (Lipinski definition) is 1. The average molecular weight is 227 g/mol. The number of rotatable bonds is 4. The lowest BCUT2D eigenvalue weighted by atomic mass is 10.0. The Labute approximate surface area is 99.0 Å². The maximum atomic E-state index is 12.1. The van der Waals surface area contributed by atoms with E-state index in [-0.39, 0.29) is 17.5 Å². The summed E-state index contributed by atoms with van der Waals surface area (Å²) in [6, 6.07) is -0.00189. The Balaban J connectivity index is 2.62. The van der Waals surface area contributed by atoms with E-state index in [1.165, 1.54) is 0 Å². The predicted molar refractivity (Wildman–Crippen MR) is 66.1 cm³/mol. The van der Waals surface area contributed by atoms with Crippen LogP contribution in [0.1, 0.15) is 27.7 Å². The van der Waals surface area contributed by atoms with Gasteiger partial charge >= 0.3 is 0 Å². The molecule has 4 nitrogen and oxygen atoms in total. The normalized spacial score (nSPS) is 22.6. The van der Waals surface area contributed by atoms with Crippen LogP contribution in [0.4, 0.5) is 0 Å². The van der Waals surface area contributed by atoms with Crippen molar-refractivity contribution in [3.8, 4) is 0 Å². The third-order valence-corrected chi connectivity index (χ3v) is 3.53. The summed E-state index contributed by atoms with van der Waals surface area (Å²) in [6.07, 6.45) is 0. The highest BCUT2D eigenvalue weighted by molar-refractivity contribution is 5.84. The van der Waals surface area contributed by atoms with Gasteiger partial charge in [-0.15, -0.1) is 0 Å². The number of nitrogens with one attached hydrogen (secondary N) is 1. The van der Waals surface area contributed by atoms with Crippen molar-refractivity contribution >= 4 is 5.91 Å². The van der Waals surface area contributed by atoms with Crippen LogP contribution in [0.5, 0.6) is 0 Å². The molecule has 0 spiro atoms. The second-order valence-corrected chi connectivity index (χ2v) is 5.83. The monoisotopic (exact) mass is 227 g/mol. The quantitative estimate of drug-likeness (QED) is 0.769. The SMILES string of the molecule is CC(C)C1NCN(CC(C)(C)N(C)C)C1=O. The van der Waals surface area contributed by atoms with Gasteiger partial charge in [0.1, 0.15) is 0 Å². The first-order chi connectivity index (χ1) is 7.25. The van der Waals surface area contributed by atoms with Gasteiger partial charge in [0.25, 0.3) is 0 Å². The summed E-state index contributed by atoms with van der Waals surface area (Å²) in [7, 11) is 4.10. The van der Waals surface area contributed by atoms with Gasteiger partial charge in [-0.05, 0) is 33.9 Å². The summed E-state index contributed by atoms with van der Waals surface area (Å²) < 4.78 is 0. The van der Waals surface area contributed by atoms with Crippen molar-refractivity contribution in [2.75, 3.05) is 27.3 Å². The third-order valence-electron chi connectivity index (χ3n) is 3.53. The van der Waals surface area contributed by atoms with Crippen LogP contribution in [0.3, 0.4) is 0 Å². The molecule has 0 aliphatic carbocycles. The number of amides is 1. The summed E-state index contributed by atoms with van der Waals surface area (Å²) in [6.45, 7) is 9.92. The average Bonchev–Trinajstić information content (AvgIpc) is 2.47. The van der Waals surface area contributed by atoms with Crippen LogP contribution in [0.15, 0.2) is 0 Å². The Kier molecular flexibility index (Phi) is 3.97. The number of carbonyl (C=O) groups excluding carboxylic acids is 1. The standard InChI is InChI=1S/C12H25N3O/c1-9(2)10-11(16)15(8-13-10)7-12(3,4)14(5)6/h9-10,13H,7-8H2,1-6H3. The molecule has 0 bridgehead atoms. The maximum Gasteiger partial charge on any atom is 0.241 e. The highest BCUT2D eigenvalue weighted by atomic mass is 16.2. The van der Waals surface area contributed by atoms with Gasteiger partial charge in [-0.2, -0.15) is 0 Å². The first-order valence-electron chi connectivity index (χ1n) is 5.95. The van der Waals surface area contributed by atoms with Gasteiger partial charge in [0.2, 0.25) is 5.91 Å². The molecule has 1 rings (SSSR count). The van der Waals surface area contributed by atoms with Crippen LogP contribution >= 0.6 is 0 Å². The minimum atomic E-state index is -0.00189. The summed E-state index contributed by atoms with van der Waals surface area (Å²) in [5.41, 5.74) is 0.0171. The fourth-order valence-electron chi connectivity index (χ4n) is 1.83. The van der Waals surface area contributed by atoms with Gasteiger partial charge in [-0.3, -0.25) is 10.1 Å². The molecule has 1 fully saturated rings. The van der Waals surface area contributed by atoms with Crippen molar-refractivity contribution in [2.45, 2.75) is 39.3 Å². The molecule has 0 saturated carbocycles. The molecule has 94 valence electrons. The highest BCUT2D eigenvalue weighted by Crippen LogP contribution is 2.17. The second-order valence-electron chi connectivity index (χ2n) is 5.83. The van der Waals surface area contributed by atoms with Gasteiger partial charge in [-0.1, -0.05) is 13.8 Å². The van der Waals surface area contributed by atoms with Crippen molar-refractivity contribution < 1.29 is 4.79 Å². The van der Waals surface area contributed by atoms with E-state index in [0.29, 0.717) is 12.6 Å². The number of likely N-dealkylation sites (N-methyl/N-ethyl adjacent to an activating group) is 1. The lowest BCUT2D eigenvalue weighted by Gasteiger charge is -2.36. The molecule has 16 heavy (non-hydrogen) atoms. The van der Waals surface area contributed by atoms with Crippen molar-refractivity contribution in [3.05, 3.63) is 0 Å². The van der Waals surface area contributed by atoms with E-state index in [4.69, 9.17) is 0 Å². The van der Waals surface area contributed by atoms with Gasteiger partial charge in [-0.25, -0.2) is 0 Å². The molecule has 0 radical (unpaired) electrons. The molecule has 4 heteroatoms. The van der Waals surface area contributed by atoms with E-state index in [2.05, 4.69) is 37.9 Å². The highest BCUT2D eigenvalue weighted by Gasteiger charge is 2.36. The Morgan fingerprint density at radius 3 is 2.44 bits per heavy atom. The van der Waals surface area contributed by atoms with E-state index in [1.807, 2.05) is 19.0 Å². The van der Waals surface area contributed by atoms with E-state index in [1.54, 1.807) is 0 Å². The molecule has 1 saturated heterocycles.